The fraction of sp³-hybridized carbons (Fsp3) is 0.875. The second kappa shape index (κ2) is 2.89. The van der Waals surface area contributed by atoms with Crippen molar-refractivity contribution in [2.45, 2.75) is 38.3 Å². The summed E-state index contributed by atoms with van der Waals surface area (Å²) >= 11 is 0. The van der Waals surface area contributed by atoms with Crippen LogP contribution in [0.3, 0.4) is 0 Å². The fourth-order valence-corrected chi connectivity index (χ4v) is 1.53. The molecule has 0 spiro atoms. The number of carboxylic acids is 1. The Balaban J connectivity index is 2.76. The zero-order valence-electron chi connectivity index (χ0n) is 7.19. The van der Waals surface area contributed by atoms with Crippen LogP contribution < -0.4 is 0 Å². The van der Waals surface area contributed by atoms with E-state index in [0.717, 1.165) is 0 Å². The monoisotopic (exact) mass is 196 g/mol. The molecule has 0 amide bonds. The molecular formula is C8H11F3O2. The van der Waals surface area contributed by atoms with Gasteiger partial charge in [-0.2, -0.15) is 8.78 Å². The molecule has 1 fully saturated rings. The summed E-state index contributed by atoms with van der Waals surface area (Å²) in [4.78, 5) is 10.1. The molecular weight excluding hydrogens is 185 g/mol. The number of hydrogen-bond acceptors (Lipinski definition) is 1. The third-order valence-corrected chi connectivity index (χ3v) is 2.71. The van der Waals surface area contributed by atoms with Gasteiger partial charge in [0.1, 0.15) is 0 Å². The highest BCUT2D eigenvalue weighted by atomic mass is 19.3. The quantitative estimate of drug-likeness (QED) is 0.751. The largest absolute Gasteiger partial charge is 0.477 e. The molecule has 1 rings (SSSR count). The molecule has 0 aromatic heterocycles. The SMILES string of the molecule is CC1(C(F)C(F)(F)C(=O)O)CCC1. The van der Waals surface area contributed by atoms with Gasteiger partial charge in [0.15, 0.2) is 6.17 Å². The number of halogens is 3. The maximum atomic E-state index is 13.1. The molecule has 0 aliphatic heterocycles. The molecule has 0 aromatic rings. The van der Waals surface area contributed by atoms with Gasteiger partial charge in [-0.15, -0.1) is 0 Å². The number of hydrogen-bond donors (Lipinski definition) is 1. The number of rotatable bonds is 3. The van der Waals surface area contributed by atoms with Crippen LogP contribution >= 0.6 is 0 Å². The smallest absolute Gasteiger partial charge is 0.377 e. The van der Waals surface area contributed by atoms with Crippen LogP contribution in [0.15, 0.2) is 0 Å². The normalized spacial score (nSPS) is 23.4. The molecule has 76 valence electrons. The summed E-state index contributed by atoms with van der Waals surface area (Å²) in [6.07, 6.45) is -1.23. The van der Waals surface area contributed by atoms with E-state index < -0.39 is 23.5 Å². The van der Waals surface area contributed by atoms with E-state index in [-0.39, 0.29) is 0 Å². The van der Waals surface area contributed by atoms with E-state index in [4.69, 9.17) is 5.11 Å². The van der Waals surface area contributed by atoms with Gasteiger partial charge in [0.25, 0.3) is 0 Å². The van der Waals surface area contributed by atoms with Crippen molar-refractivity contribution >= 4 is 5.97 Å². The first-order valence-electron chi connectivity index (χ1n) is 4.06. The molecule has 5 heteroatoms. The van der Waals surface area contributed by atoms with Crippen molar-refractivity contribution in [3.63, 3.8) is 0 Å². The zero-order valence-corrected chi connectivity index (χ0v) is 7.19. The predicted molar refractivity (Wildman–Crippen MR) is 39.4 cm³/mol. The van der Waals surface area contributed by atoms with Gasteiger partial charge >= 0.3 is 11.9 Å². The Morgan fingerprint density at radius 1 is 1.54 bits per heavy atom. The lowest BCUT2D eigenvalue weighted by molar-refractivity contribution is -0.190. The maximum Gasteiger partial charge on any atom is 0.377 e. The summed E-state index contributed by atoms with van der Waals surface area (Å²) in [6.45, 7) is 1.36. The Bertz CT molecular complexity index is 223. The standard InChI is InChI=1S/C8H11F3O2/c1-7(3-2-4-7)5(9)8(10,11)6(12)13/h5H,2-4H2,1H3,(H,12,13). The van der Waals surface area contributed by atoms with Crippen molar-refractivity contribution < 1.29 is 23.1 Å². The molecule has 1 atom stereocenters. The summed E-state index contributed by atoms with van der Waals surface area (Å²) in [5.74, 6) is -6.64. The Hall–Kier alpha value is -0.740. The Morgan fingerprint density at radius 3 is 2.23 bits per heavy atom. The van der Waals surface area contributed by atoms with E-state index in [1.807, 2.05) is 0 Å². The molecule has 1 saturated carbocycles. The first-order chi connectivity index (χ1) is 5.81. The highest BCUT2D eigenvalue weighted by Gasteiger charge is 2.58. The van der Waals surface area contributed by atoms with Gasteiger partial charge in [0.05, 0.1) is 0 Å². The maximum absolute atomic E-state index is 13.1. The lowest BCUT2D eigenvalue weighted by Crippen LogP contribution is -2.50. The third kappa shape index (κ3) is 1.51. The highest BCUT2D eigenvalue weighted by molar-refractivity contribution is 5.76. The average molecular weight is 196 g/mol. The van der Waals surface area contributed by atoms with Gasteiger partial charge in [0, 0.05) is 5.41 Å². The van der Waals surface area contributed by atoms with E-state index in [0.29, 0.717) is 19.3 Å². The lowest BCUT2D eigenvalue weighted by atomic mass is 9.66. The van der Waals surface area contributed by atoms with E-state index in [2.05, 4.69) is 0 Å². The van der Waals surface area contributed by atoms with Crippen LogP contribution in [-0.2, 0) is 4.79 Å². The van der Waals surface area contributed by atoms with Crippen molar-refractivity contribution in [3.05, 3.63) is 0 Å². The van der Waals surface area contributed by atoms with E-state index in [9.17, 15) is 18.0 Å². The van der Waals surface area contributed by atoms with Crippen molar-refractivity contribution in [1.29, 1.82) is 0 Å². The summed E-state index contributed by atoms with van der Waals surface area (Å²) in [5, 5.41) is 8.10. The molecule has 2 nitrogen and oxygen atoms in total. The first kappa shape index (κ1) is 10.3. The van der Waals surface area contributed by atoms with Crippen LogP contribution in [0.1, 0.15) is 26.2 Å². The number of carboxylic acid groups (broad SMARTS) is 1. The van der Waals surface area contributed by atoms with Gasteiger partial charge in [-0.05, 0) is 12.8 Å². The van der Waals surface area contributed by atoms with Crippen LogP contribution in [-0.4, -0.2) is 23.2 Å². The fourth-order valence-electron chi connectivity index (χ4n) is 1.53. The van der Waals surface area contributed by atoms with Gasteiger partial charge < -0.3 is 5.11 Å². The van der Waals surface area contributed by atoms with Crippen LogP contribution in [0.4, 0.5) is 13.2 Å². The van der Waals surface area contributed by atoms with Crippen LogP contribution in [0.2, 0.25) is 0 Å². The molecule has 1 aliphatic rings. The number of carbonyl (C=O) groups is 1. The molecule has 0 saturated heterocycles. The third-order valence-electron chi connectivity index (χ3n) is 2.71. The second-order valence-electron chi connectivity index (χ2n) is 3.80. The van der Waals surface area contributed by atoms with Crippen molar-refractivity contribution in [1.82, 2.24) is 0 Å². The van der Waals surface area contributed by atoms with Crippen molar-refractivity contribution in [2.75, 3.05) is 0 Å². The number of aliphatic carboxylic acids is 1. The number of alkyl halides is 3. The molecule has 1 aliphatic carbocycles. The van der Waals surface area contributed by atoms with Crippen LogP contribution in [0.25, 0.3) is 0 Å². The van der Waals surface area contributed by atoms with Crippen LogP contribution in [0.5, 0.6) is 0 Å². The summed E-state index contributed by atoms with van der Waals surface area (Å²) in [7, 11) is 0. The van der Waals surface area contributed by atoms with Gasteiger partial charge in [-0.1, -0.05) is 13.3 Å². The van der Waals surface area contributed by atoms with Gasteiger partial charge in [-0.25, -0.2) is 9.18 Å². The summed E-state index contributed by atoms with van der Waals surface area (Å²) in [5.41, 5.74) is -1.15. The van der Waals surface area contributed by atoms with E-state index in [1.165, 1.54) is 6.92 Å². The summed E-state index contributed by atoms with van der Waals surface area (Å²) < 4.78 is 38.5. The Morgan fingerprint density at radius 2 is 2.00 bits per heavy atom. The first-order valence-corrected chi connectivity index (χ1v) is 4.06. The van der Waals surface area contributed by atoms with Crippen molar-refractivity contribution in [3.8, 4) is 0 Å². The summed E-state index contributed by atoms with van der Waals surface area (Å²) in [6, 6.07) is 0. The van der Waals surface area contributed by atoms with E-state index in [1.54, 1.807) is 0 Å². The van der Waals surface area contributed by atoms with Gasteiger partial charge in [0.2, 0.25) is 0 Å². The second-order valence-corrected chi connectivity index (χ2v) is 3.80. The topological polar surface area (TPSA) is 37.3 Å². The molecule has 0 radical (unpaired) electrons. The average Bonchev–Trinajstić information content (AvgIpc) is 1.98. The molecule has 13 heavy (non-hydrogen) atoms. The molecule has 0 heterocycles. The molecule has 1 N–H and O–H groups in total. The molecule has 1 unspecified atom stereocenters. The molecule has 0 bridgehead atoms. The van der Waals surface area contributed by atoms with Crippen molar-refractivity contribution in [2.24, 2.45) is 5.41 Å². The minimum atomic E-state index is -4.25. The highest BCUT2D eigenvalue weighted by Crippen LogP contribution is 2.49. The molecule has 0 aromatic carbocycles. The van der Waals surface area contributed by atoms with Gasteiger partial charge in [-0.3, -0.25) is 0 Å². The Kier molecular flexibility index (Phi) is 2.30. The predicted octanol–water partition coefficient (Wildman–Crippen LogP) is 2.23. The Labute approximate surface area is 73.7 Å². The minimum absolute atomic E-state index is 0.330. The van der Waals surface area contributed by atoms with E-state index >= 15 is 0 Å². The minimum Gasteiger partial charge on any atom is -0.477 e. The lowest BCUT2D eigenvalue weighted by Gasteiger charge is -2.42. The zero-order chi connectivity index (χ0) is 10.3. The van der Waals surface area contributed by atoms with Crippen LogP contribution in [0, 0.1) is 5.41 Å².